The van der Waals surface area contributed by atoms with Crippen molar-refractivity contribution in [3.8, 4) is 0 Å². The maximum absolute atomic E-state index is 11.4. The van der Waals surface area contributed by atoms with Crippen LogP contribution < -0.4 is 5.32 Å². The molecule has 0 aliphatic rings. The summed E-state index contributed by atoms with van der Waals surface area (Å²) in [6.07, 6.45) is 1.61. The second-order valence-corrected chi connectivity index (χ2v) is 5.15. The molecule has 1 atom stereocenters. The summed E-state index contributed by atoms with van der Waals surface area (Å²) >= 11 is 0. The molecule has 1 unspecified atom stereocenters. The Morgan fingerprint density at radius 2 is 2.11 bits per heavy atom. The van der Waals surface area contributed by atoms with Crippen molar-refractivity contribution in [1.82, 2.24) is 10.3 Å². The van der Waals surface area contributed by atoms with Gasteiger partial charge in [0.05, 0.1) is 12.7 Å². The molecular formula is C12H18N2O4. The summed E-state index contributed by atoms with van der Waals surface area (Å²) in [6, 6.07) is 0. The van der Waals surface area contributed by atoms with Crippen LogP contribution in [0.2, 0.25) is 0 Å². The third kappa shape index (κ3) is 3.58. The van der Waals surface area contributed by atoms with E-state index in [2.05, 4.69) is 10.3 Å². The Morgan fingerprint density at radius 3 is 2.56 bits per heavy atom. The summed E-state index contributed by atoms with van der Waals surface area (Å²) in [6.45, 7) is 7.38. The largest absolute Gasteiger partial charge is 0.481 e. The van der Waals surface area contributed by atoms with Crippen molar-refractivity contribution < 1.29 is 19.1 Å². The lowest BCUT2D eigenvalue weighted by Gasteiger charge is -2.13. The second-order valence-electron chi connectivity index (χ2n) is 5.15. The van der Waals surface area contributed by atoms with E-state index < -0.39 is 17.8 Å². The average Bonchev–Trinajstić information content (AvgIpc) is 2.72. The van der Waals surface area contributed by atoms with Crippen LogP contribution >= 0.6 is 0 Å². The molecule has 1 aromatic rings. The first kappa shape index (κ1) is 14.2. The molecule has 1 heterocycles. The van der Waals surface area contributed by atoms with E-state index in [1.165, 1.54) is 6.92 Å². The molecule has 18 heavy (non-hydrogen) atoms. The predicted octanol–water partition coefficient (Wildman–Crippen LogP) is 1.31. The number of hydrogen-bond donors (Lipinski definition) is 2. The molecule has 6 nitrogen and oxygen atoms in total. The molecule has 100 valence electrons. The maximum Gasteiger partial charge on any atom is 0.315 e. The fourth-order valence-electron chi connectivity index (χ4n) is 1.17. The van der Waals surface area contributed by atoms with Crippen LogP contribution in [0.1, 0.15) is 39.3 Å². The highest BCUT2D eigenvalue weighted by molar-refractivity contribution is 5.96. The molecular weight excluding hydrogens is 236 g/mol. The number of carboxylic acids is 1. The van der Waals surface area contributed by atoms with Gasteiger partial charge in [-0.05, 0) is 6.92 Å². The number of amides is 1. The molecule has 1 aromatic heterocycles. The SMILES string of the molecule is CC(C(=O)O)C(=O)NCc1ncc(C(C)(C)C)o1. The summed E-state index contributed by atoms with van der Waals surface area (Å²) in [4.78, 5) is 26.0. The highest BCUT2D eigenvalue weighted by Gasteiger charge is 2.22. The fraction of sp³-hybridized carbons (Fsp3) is 0.583. The fourth-order valence-corrected chi connectivity index (χ4v) is 1.17. The number of nitrogens with one attached hydrogen (secondary N) is 1. The highest BCUT2D eigenvalue weighted by atomic mass is 16.4. The van der Waals surface area contributed by atoms with E-state index in [4.69, 9.17) is 9.52 Å². The van der Waals surface area contributed by atoms with Gasteiger partial charge in [-0.15, -0.1) is 0 Å². The summed E-state index contributed by atoms with van der Waals surface area (Å²) in [7, 11) is 0. The zero-order valence-electron chi connectivity index (χ0n) is 11.0. The average molecular weight is 254 g/mol. The van der Waals surface area contributed by atoms with Crippen molar-refractivity contribution in [2.45, 2.75) is 39.7 Å². The Hall–Kier alpha value is -1.85. The highest BCUT2D eigenvalue weighted by Crippen LogP contribution is 2.22. The standard InChI is InChI=1S/C12H18N2O4/c1-7(11(16)17)10(15)14-6-9-13-5-8(18-9)12(2,3)4/h5,7H,6H2,1-4H3,(H,14,15)(H,16,17). The van der Waals surface area contributed by atoms with E-state index in [0.717, 1.165) is 5.76 Å². The molecule has 0 saturated carbocycles. The lowest BCUT2D eigenvalue weighted by Crippen LogP contribution is -2.33. The minimum Gasteiger partial charge on any atom is -0.481 e. The molecule has 0 radical (unpaired) electrons. The number of nitrogens with zero attached hydrogens (tertiary/aromatic N) is 1. The molecule has 0 aliphatic heterocycles. The predicted molar refractivity (Wildman–Crippen MR) is 63.8 cm³/mol. The minimum atomic E-state index is -1.16. The lowest BCUT2D eigenvalue weighted by atomic mass is 9.94. The smallest absolute Gasteiger partial charge is 0.315 e. The zero-order chi connectivity index (χ0) is 13.9. The first-order chi connectivity index (χ1) is 8.21. The first-order valence-electron chi connectivity index (χ1n) is 5.67. The van der Waals surface area contributed by atoms with E-state index in [-0.39, 0.29) is 12.0 Å². The van der Waals surface area contributed by atoms with Crippen molar-refractivity contribution in [1.29, 1.82) is 0 Å². The Kier molecular flexibility index (Phi) is 4.11. The summed E-state index contributed by atoms with van der Waals surface area (Å²) in [5, 5.41) is 11.1. The van der Waals surface area contributed by atoms with Crippen molar-refractivity contribution in [3.63, 3.8) is 0 Å². The van der Waals surface area contributed by atoms with Gasteiger partial charge < -0.3 is 14.8 Å². The van der Waals surface area contributed by atoms with Gasteiger partial charge in [0, 0.05) is 5.41 Å². The number of oxazole rings is 1. The number of aromatic nitrogens is 1. The quantitative estimate of drug-likeness (QED) is 0.790. The van der Waals surface area contributed by atoms with Gasteiger partial charge >= 0.3 is 5.97 Å². The van der Waals surface area contributed by atoms with Crippen LogP contribution in [0.5, 0.6) is 0 Å². The molecule has 0 fully saturated rings. The molecule has 1 rings (SSSR count). The number of carbonyl (C=O) groups excluding carboxylic acids is 1. The van der Waals surface area contributed by atoms with Crippen LogP contribution in [0.15, 0.2) is 10.6 Å². The van der Waals surface area contributed by atoms with Crippen LogP contribution in [0, 0.1) is 5.92 Å². The molecule has 0 saturated heterocycles. The Labute approximate surface area is 105 Å². The van der Waals surface area contributed by atoms with Crippen molar-refractivity contribution in [2.24, 2.45) is 5.92 Å². The van der Waals surface area contributed by atoms with E-state index in [9.17, 15) is 9.59 Å². The lowest BCUT2D eigenvalue weighted by molar-refractivity contribution is -0.146. The first-order valence-corrected chi connectivity index (χ1v) is 5.67. The summed E-state index contributed by atoms with van der Waals surface area (Å²) in [5.41, 5.74) is -0.149. The van der Waals surface area contributed by atoms with E-state index in [1.54, 1.807) is 6.20 Å². The van der Waals surface area contributed by atoms with Gasteiger partial charge in [0.25, 0.3) is 0 Å². The minimum absolute atomic E-state index is 0.0898. The normalized spacial score (nSPS) is 13.1. The van der Waals surface area contributed by atoms with E-state index in [0.29, 0.717) is 5.89 Å². The Morgan fingerprint density at radius 1 is 1.50 bits per heavy atom. The van der Waals surface area contributed by atoms with Gasteiger partial charge in [0.1, 0.15) is 11.7 Å². The Balaban J connectivity index is 2.57. The van der Waals surface area contributed by atoms with Gasteiger partial charge in [-0.2, -0.15) is 0 Å². The number of hydrogen-bond acceptors (Lipinski definition) is 4. The third-order valence-electron chi connectivity index (χ3n) is 2.47. The van der Waals surface area contributed by atoms with E-state index in [1.807, 2.05) is 20.8 Å². The van der Waals surface area contributed by atoms with Crippen molar-refractivity contribution in [2.75, 3.05) is 0 Å². The van der Waals surface area contributed by atoms with Crippen LogP contribution in [-0.4, -0.2) is 22.0 Å². The third-order valence-corrected chi connectivity index (χ3v) is 2.47. The number of carbonyl (C=O) groups is 2. The van der Waals surface area contributed by atoms with Crippen molar-refractivity contribution >= 4 is 11.9 Å². The molecule has 6 heteroatoms. The van der Waals surface area contributed by atoms with Gasteiger partial charge in [-0.1, -0.05) is 20.8 Å². The van der Waals surface area contributed by atoms with Gasteiger partial charge in [0.2, 0.25) is 11.8 Å². The summed E-state index contributed by atoms with van der Waals surface area (Å²) in [5.74, 6) is -1.71. The maximum atomic E-state index is 11.4. The molecule has 1 amide bonds. The van der Waals surface area contributed by atoms with Gasteiger partial charge in [-0.25, -0.2) is 4.98 Å². The van der Waals surface area contributed by atoms with Crippen molar-refractivity contribution in [3.05, 3.63) is 17.8 Å². The van der Waals surface area contributed by atoms with Gasteiger partial charge in [0.15, 0.2) is 0 Å². The zero-order valence-corrected chi connectivity index (χ0v) is 11.0. The summed E-state index contributed by atoms with van der Waals surface area (Å²) < 4.78 is 5.47. The number of carboxylic acid groups (broad SMARTS) is 1. The van der Waals surface area contributed by atoms with Crippen LogP contribution in [-0.2, 0) is 21.5 Å². The Bertz CT molecular complexity index is 445. The number of aliphatic carboxylic acids is 1. The molecule has 0 aliphatic carbocycles. The molecule has 0 aromatic carbocycles. The molecule has 0 bridgehead atoms. The van der Waals surface area contributed by atoms with Crippen LogP contribution in [0.25, 0.3) is 0 Å². The second kappa shape index (κ2) is 5.20. The van der Waals surface area contributed by atoms with Crippen LogP contribution in [0.4, 0.5) is 0 Å². The van der Waals surface area contributed by atoms with E-state index >= 15 is 0 Å². The monoisotopic (exact) mass is 254 g/mol. The van der Waals surface area contributed by atoms with Gasteiger partial charge in [-0.3, -0.25) is 9.59 Å². The molecule has 2 N–H and O–H groups in total. The van der Waals surface area contributed by atoms with Crippen LogP contribution in [0.3, 0.4) is 0 Å². The molecule has 0 spiro atoms. The topological polar surface area (TPSA) is 92.4 Å². The number of rotatable bonds is 4.